The van der Waals surface area contributed by atoms with Crippen LogP contribution < -0.4 is 14.8 Å². The largest absolute Gasteiger partial charge is 0.493 e. The topological polar surface area (TPSA) is 84.9 Å². The van der Waals surface area contributed by atoms with E-state index in [0.717, 1.165) is 40.9 Å². The van der Waals surface area contributed by atoms with Crippen LogP contribution in [0.25, 0.3) is 0 Å². The number of benzene rings is 3. The summed E-state index contributed by atoms with van der Waals surface area (Å²) >= 11 is 3.68. The maximum atomic E-state index is 14.3. The monoisotopic (exact) mass is 710 g/mol. The fraction of sp³-hybridized carbons (Fsp3) is 0.375. The second kappa shape index (κ2) is 13.0. The zero-order valence-corrected chi connectivity index (χ0v) is 30.1. The molecular weight excluding hydrogens is 668 g/mol. The number of ketones is 2. The van der Waals surface area contributed by atoms with Crippen LogP contribution in [0.5, 0.6) is 11.5 Å². The van der Waals surface area contributed by atoms with Gasteiger partial charge in [-0.25, -0.2) is 0 Å². The number of anilines is 1. The van der Waals surface area contributed by atoms with Gasteiger partial charge in [-0.1, -0.05) is 70.2 Å². The number of nitrogens with zero attached hydrogens (tertiary/aromatic N) is 1. The van der Waals surface area contributed by atoms with Crippen molar-refractivity contribution in [1.82, 2.24) is 4.90 Å². The molecular formula is C40H43BrN2O5. The molecule has 2 aliphatic carbocycles. The summed E-state index contributed by atoms with van der Waals surface area (Å²) in [6.45, 7) is 10.9. The minimum atomic E-state index is -0.543. The first kappa shape index (κ1) is 33.7. The summed E-state index contributed by atoms with van der Waals surface area (Å²) < 4.78 is 12.4. The van der Waals surface area contributed by atoms with E-state index in [9.17, 15) is 14.4 Å². The highest BCUT2D eigenvalue weighted by Gasteiger charge is 2.49. The van der Waals surface area contributed by atoms with E-state index in [4.69, 9.17) is 9.47 Å². The lowest BCUT2D eigenvalue weighted by Gasteiger charge is -2.49. The normalized spacial score (nSPS) is 18.8. The molecule has 3 aliphatic rings. The van der Waals surface area contributed by atoms with Crippen LogP contribution >= 0.6 is 15.9 Å². The van der Waals surface area contributed by atoms with E-state index in [1.54, 1.807) is 7.11 Å². The third-order valence-corrected chi connectivity index (χ3v) is 10.0. The third kappa shape index (κ3) is 6.86. The van der Waals surface area contributed by atoms with Crippen molar-refractivity contribution < 1.29 is 23.9 Å². The van der Waals surface area contributed by atoms with Crippen molar-refractivity contribution in [2.24, 2.45) is 10.8 Å². The molecule has 0 saturated heterocycles. The van der Waals surface area contributed by atoms with Crippen LogP contribution in [0.4, 0.5) is 5.69 Å². The Bertz CT molecular complexity index is 1800. The van der Waals surface area contributed by atoms with Gasteiger partial charge >= 0.3 is 0 Å². The molecule has 7 nitrogen and oxygen atoms in total. The van der Waals surface area contributed by atoms with Crippen LogP contribution in [0.1, 0.15) is 76.0 Å². The molecule has 3 aromatic carbocycles. The molecule has 48 heavy (non-hydrogen) atoms. The standard InChI is InChI=1S/C40H43BrN2O5/c1-24-11-10-14-27(15-24)42-34(46)23-48-38-28(41)16-26(17-33(38)47-6)35-36-29(18-39(2,3)20-31(36)44)43(22-25-12-8-7-9-13-25)30-19-40(4,5)21-32(45)37(30)35/h7-17,35H,18-23H2,1-6H3,(H,42,46). The number of carbonyl (C=O) groups excluding carboxylic acids is 3. The number of Topliss-reactive ketones (excluding diaryl/α,β-unsaturated/α-hetero) is 2. The number of hydrogen-bond acceptors (Lipinski definition) is 6. The lowest BCUT2D eigenvalue weighted by atomic mass is 9.63. The van der Waals surface area contributed by atoms with Gasteiger partial charge in [0.05, 0.1) is 11.6 Å². The van der Waals surface area contributed by atoms with Crippen LogP contribution in [0.2, 0.25) is 0 Å². The van der Waals surface area contributed by atoms with Crippen molar-refractivity contribution in [3.63, 3.8) is 0 Å². The Balaban J connectivity index is 1.43. The predicted octanol–water partition coefficient (Wildman–Crippen LogP) is 8.67. The number of ether oxygens (including phenoxy) is 2. The molecule has 6 rings (SSSR count). The summed E-state index contributed by atoms with van der Waals surface area (Å²) in [5.41, 5.74) is 6.56. The number of carbonyl (C=O) groups is 3. The molecule has 1 aliphatic heterocycles. The van der Waals surface area contributed by atoms with Gasteiger partial charge < -0.3 is 19.7 Å². The van der Waals surface area contributed by atoms with E-state index < -0.39 is 5.92 Å². The minimum absolute atomic E-state index is 0.0664. The summed E-state index contributed by atoms with van der Waals surface area (Å²) in [4.78, 5) is 43.6. The number of allylic oxidation sites excluding steroid dienone is 4. The van der Waals surface area contributed by atoms with Crippen LogP contribution in [0.15, 0.2) is 93.7 Å². The van der Waals surface area contributed by atoms with Gasteiger partial charge in [-0.15, -0.1) is 0 Å². The second-order valence-corrected chi connectivity index (χ2v) is 15.7. The van der Waals surface area contributed by atoms with Gasteiger partial charge in [0.15, 0.2) is 29.7 Å². The average Bonchev–Trinajstić information content (AvgIpc) is 3.00. The maximum Gasteiger partial charge on any atom is 0.262 e. The molecule has 250 valence electrons. The Morgan fingerprint density at radius 2 is 1.50 bits per heavy atom. The molecule has 1 N–H and O–H groups in total. The SMILES string of the molecule is COc1cc(C2C3=C(CC(C)(C)CC3=O)N(Cc3ccccc3)C3=C2C(=O)CC(C)(C)C3)cc(Br)c1OCC(=O)Nc1cccc(C)c1. The Morgan fingerprint density at radius 1 is 0.875 bits per heavy atom. The number of nitrogens with one attached hydrogen (secondary N) is 1. The van der Waals surface area contributed by atoms with E-state index in [1.165, 1.54) is 0 Å². The van der Waals surface area contributed by atoms with Gasteiger partial charge in [0.2, 0.25) is 0 Å². The summed E-state index contributed by atoms with van der Waals surface area (Å²) in [5, 5.41) is 2.87. The van der Waals surface area contributed by atoms with E-state index in [0.29, 0.717) is 52.2 Å². The Labute approximate surface area is 291 Å². The summed E-state index contributed by atoms with van der Waals surface area (Å²) in [5.74, 6) is 0.0649. The molecule has 8 heteroatoms. The molecule has 0 atom stereocenters. The molecule has 3 aromatic rings. The summed E-state index contributed by atoms with van der Waals surface area (Å²) in [6, 6.07) is 21.6. The molecule has 0 unspecified atom stereocenters. The van der Waals surface area contributed by atoms with Gasteiger partial charge in [0.1, 0.15) is 0 Å². The third-order valence-electron chi connectivity index (χ3n) is 9.44. The van der Waals surface area contributed by atoms with Gasteiger partial charge in [0.25, 0.3) is 5.91 Å². The number of hydrogen-bond donors (Lipinski definition) is 1. The van der Waals surface area contributed by atoms with Gasteiger partial charge in [-0.3, -0.25) is 14.4 Å². The highest BCUT2D eigenvalue weighted by Crippen LogP contribution is 2.55. The van der Waals surface area contributed by atoms with E-state index in [1.807, 2.05) is 61.5 Å². The van der Waals surface area contributed by atoms with Gasteiger partial charge in [-0.05, 0) is 87.5 Å². The zero-order valence-electron chi connectivity index (χ0n) is 28.5. The van der Waals surface area contributed by atoms with Gasteiger partial charge in [-0.2, -0.15) is 0 Å². The Kier molecular flexibility index (Phi) is 9.16. The summed E-state index contributed by atoms with van der Waals surface area (Å²) in [6.07, 6.45) is 2.25. The van der Waals surface area contributed by atoms with Crippen molar-refractivity contribution in [2.45, 2.75) is 72.8 Å². The van der Waals surface area contributed by atoms with E-state index in [-0.39, 0.29) is 34.9 Å². The second-order valence-electron chi connectivity index (χ2n) is 14.8. The fourth-order valence-electron chi connectivity index (χ4n) is 7.44. The molecule has 0 radical (unpaired) electrons. The number of amides is 1. The molecule has 0 fully saturated rings. The van der Waals surface area contributed by atoms with Crippen LogP contribution in [-0.2, 0) is 20.9 Å². The minimum Gasteiger partial charge on any atom is -0.493 e. The lowest BCUT2D eigenvalue weighted by molar-refractivity contribution is -0.120. The van der Waals surface area contributed by atoms with Crippen molar-refractivity contribution in [2.75, 3.05) is 19.0 Å². The lowest BCUT2D eigenvalue weighted by Crippen LogP contribution is -2.44. The highest BCUT2D eigenvalue weighted by molar-refractivity contribution is 9.10. The Morgan fingerprint density at radius 3 is 2.08 bits per heavy atom. The van der Waals surface area contributed by atoms with Crippen molar-refractivity contribution in [1.29, 1.82) is 0 Å². The highest BCUT2D eigenvalue weighted by atomic mass is 79.9. The first-order valence-electron chi connectivity index (χ1n) is 16.5. The quantitative estimate of drug-likeness (QED) is 0.252. The predicted molar refractivity (Wildman–Crippen MR) is 191 cm³/mol. The number of rotatable bonds is 8. The first-order chi connectivity index (χ1) is 22.7. The molecule has 0 aromatic heterocycles. The number of methoxy groups -OCH3 is 1. The van der Waals surface area contributed by atoms with Crippen molar-refractivity contribution in [3.05, 3.63) is 110 Å². The van der Waals surface area contributed by atoms with Crippen LogP contribution in [-0.4, -0.2) is 36.1 Å². The molecule has 0 spiro atoms. The molecule has 1 heterocycles. The maximum absolute atomic E-state index is 14.3. The van der Waals surface area contributed by atoms with Crippen LogP contribution in [0, 0.1) is 17.8 Å². The van der Waals surface area contributed by atoms with E-state index in [2.05, 4.69) is 66.0 Å². The molecule has 0 bridgehead atoms. The fourth-order valence-corrected chi connectivity index (χ4v) is 8.02. The average molecular weight is 712 g/mol. The van der Waals surface area contributed by atoms with Crippen molar-refractivity contribution in [3.8, 4) is 11.5 Å². The van der Waals surface area contributed by atoms with Crippen molar-refractivity contribution >= 4 is 39.1 Å². The smallest absolute Gasteiger partial charge is 0.262 e. The summed E-state index contributed by atoms with van der Waals surface area (Å²) in [7, 11) is 1.55. The van der Waals surface area contributed by atoms with Crippen LogP contribution in [0.3, 0.4) is 0 Å². The first-order valence-corrected chi connectivity index (χ1v) is 17.3. The molecule has 1 amide bonds. The zero-order chi connectivity index (χ0) is 34.4. The number of halogens is 1. The molecule has 0 saturated carbocycles. The van der Waals surface area contributed by atoms with Gasteiger partial charge in [0, 0.05) is 53.5 Å². The Hall–Kier alpha value is -4.17. The number of aryl methyl sites for hydroxylation is 1. The van der Waals surface area contributed by atoms with E-state index >= 15 is 0 Å².